The van der Waals surface area contributed by atoms with Gasteiger partial charge in [-0.25, -0.2) is 0 Å². The van der Waals surface area contributed by atoms with Crippen molar-refractivity contribution in [1.82, 2.24) is 5.43 Å². The fraction of sp³-hybridized carbons (Fsp3) is 0.400. The first kappa shape index (κ1) is 10.6. The van der Waals surface area contributed by atoms with E-state index in [1.54, 1.807) is 0 Å². The molecule has 0 aromatic heterocycles. The molecular weight excluding hydrogens is 180 g/mol. The Balaban J connectivity index is 2.50. The molecule has 0 fully saturated rings. The Morgan fingerprint density at radius 3 is 2.38 bits per heavy atom. The molecular formula is C10H16N2S. The van der Waals surface area contributed by atoms with Crippen LogP contribution in [0.15, 0.2) is 35.2 Å². The van der Waals surface area contributed by atoms with Crippen molar-refractivity contribution in [3.8, 4) is 0 Å². The van der Waals surface area contributed by atoms with Crippen molar-refractivity contribution >= 4 is 11.8 Å². The van der Waals surface area contributed by atoms with Crippen LogP contribution in [0.4, 0.5) is 0 Å². The van der Waals surface area contributed by atoms with Crippen LogP contribution in [-0.2, 0) is 0 Å². The molecule has 0 amide bonds. The van der Waals surface area contributed by atoms with E-state index < -0.39 is 0 Å². The van der Waals surface area contributed by atoms with Crippen LogP contribution in [0, 0.1) is 0 Å². The van der Waals surface area contributed by atoms with Gasteiger partial charge in [-0.15, -0.1) is 11.8 Å². The molecule has 72 valence electrons. The summed E-state index contributed by atoms with van der Waals surface area (Å²) in [5.74, 6) is 5.36. The first-order valence-electron chi connectivity index (χ1n) is 4.42. The third kappa shape index (κ3) is 3.38. The summed E-state index contributed by atoms with van der Waals surface area (Å²) in [4.78, 5) is 1.29. The van der Waals surface area contributed by atoms with Crippen LogP contribution >= 0.6 is 11.8 Å². The Morgan fingerprint density at radius 2 is 1.85 bits per heavy atom. The van der Waals surface area contributed by atoms with Crippen LogP contribution in [0.5, 0.6) is 0 Å². The molecule has 0 aliphatic rings. The molecule has 13 heavy (non-hydrogen) atoms. The lowest BCUT2D eigenvalue weighted by atomic mass is 10.3. The summed E-state index contributed by atoms with van der Waals surface area (Å²) < 4.78 is 0. The second kappa shape index (κ2) is 5.27. The summed E-state index contributed by atoms with van der Waals surface area (Å²) in [6.45, 7) is 4.25. The number of rotatable bonds is 4. The average Bonchev–Trinajstić information content (AvgIpc) is 2.18. The van der Waals surface area contributed by atoms with E-state index in [9.17, 15) is 0 Å². The van der Waals surface area contributed by atoms with Gasteiger partial charge in [-0.2, -0.15) is 0 Å². The third-order valence-electron chi connectivity index (χ3n) is 2.03. The average molecular weight is 196 g/mol. The Kier molecular flexibility index (Phi) is 4.28. The van der Waals surface area contributed by atoms with Crippen molar-refractivity contribution in [2.75, 3.05) is 0 Å². The molecule has 3 heteroatoms. The van der Waals surface area contributed by atoms with Crippen molar-refractivity contribution in [1.29, 1.82) is 0 Å². The predicted octanol–water partition coefficient (Wildman–Crippen LogP) is 2.02. The van der Waals surface area contributed by atoms with Gasteiger partial charge < -0.3 is 0 Å². The van der Waals surface area contributed by atoms with Gasteiger partial charge >= 0.3 is 0 Å². The number of hydrogen-bond acceptors (Lipinski definition) is 3. The van der Waals surface area contributed by atoms with E-state index in [1.807, 2.05) is 17.8 Å². The molecule has 1 aromatic rings. The minimum Gasteiger partial charge on any atom is -0.271 e. The van der Waals surface area contributed by atoms with Crippen LogP contribution in [0.3, 0.4) is 0 Å². The van der Waals surface area contributed by atoms with E-state index >= 15 is 0 Å². The second-order valence-electron chi connectivity index (χ2n) is 3.09. The highest BCUT2D eigenvalue weighted by molar-refractivity contribution is 8.00. The lowest BCUT2D eigenvalue weighted by molar-refractivity contribution is 0.566. The molecule has 2 atom stereocenters. The van der Waals surface area contributed by atoms with Gasteiger partial charge in [0.05, 0.1) is 0 Å². The highest BCUT2D eigenvalue weighted by atomic mass is 32.2. The fourth-order valence-electron chi connectivity index (χ4n) is 0.951. The molecule has 0 heterocycles. The van der Waals surface area contributed by atoms with E-state index in [-0.39, 0.29) is 0 Å². The Labute approximate surface area is 83.9 Å². The summed E-state index contributed by atoms with van der Waals surface area (Å²) in [7, 11) is 0. The maximum absolute atomic E-state index is 5.36. The molecule has 3 N–H and O–H groups in total. The summed E-state index contributed by atoms with van der Waals surface area (Å²) in [6, 6.07) is 10.7. The summed E-state index contributed by atoms with van der Waals surface area (Å²) in [5.41, 5.74) is 2.76. The van der Waals surface area contributed by atoms with Gasteiger partial charge in [-0.1, -0.05) is 25.1 Å². The lowest BCUT2D eigenvalue weighted by Gasteiger charge is -2.18. The summed E-state index contributed by atoms with van der Waals surface area (Å²) >= 11 is 1.83. The smallest absolute Gasteiger partial charge is 0.0301 e. The zero-order chi connectivity index (χ0) is 9.68. The number of nitrogens with two attached hydrogens (primary N) is 1. The summed E-state index contributed by atoms with van der Waals surface area (Å²) in [5, 5.41) is 0.479. The van der Waals surface area contributed by atoms with Crippen molar-refractivity contribution < 1.29 is 0 Å². The number of hydrogen-bond donors (Lipinski definition) is 2. The van der Waals surface area contributed by atoms with Crippen molar-refractivity contribution in [3.63, 3.8) is 0 Å². The van der Waals surface area contributed by atoms with Gasteiger partial charge in [-0.05, 0) is 19.1 Å². The second-order valence-corrected chi connectivity index (χ2v) is 4.54. The molecule has 2 nitrogen and oxygen atoms in total. The van der Waals surface area contributed by atoms with E-state index in [0.717, 1.165) is 0 Å². The normalized spacial score (nSPS) is 15.3. The molecule has 0 aliphatic heterocycles. The molecule has 0 bridgehead atoms. The van der Waals surface area contributed by atoms with Gasteiger partial charge in [0.15, 0.2) is 0 Å². The molecule has 0 aliphatic carbocycles. The first-order chi connectivity index (χ1) is 6.24. The molecule has 1 aromatic carbocycles. The number of benzene rings is 1. The third-order valence-corrected chi connectivity index (χ3v) is 3.36. The molecule has 0 saturated carbocycles. The van der Waals surface area contributed by atoms with Crippen LogP contribution in [0.2, 0.25) is 0 Å². The number of thioether (sulfide) groups is 1. The first-order valence-corrected chi connectivity index (χ1v) is 5.30. The highest BCUT2D eigenvalue weighted by Crippen LogP contribution is 2.24. The van der Waals surface area contributed by atoms with Crippen molar-refractivity contribution in [2.24, 2.45) is 5.84 Å². The monoisotopic (exact) mass is 196 g/mol. The SMILES string of the molecule is CC(NN)C(C)Sc1ccccc1. The van der Waals surface area contributed by atoms with Crippen molar-refractivity contribution in [2.45, 2.75) is 30.0 Å². The molecule has 0 radical (unpaired) electrons. The maximum Gasteiger partial charge on any atom is 0.0301 e. The van der Waals surface area contributed by atoms with Crippen LogP contribution in [-0.4, -0.2) is 11.3 Å². The van der Waals surface area contributed by atoms with Gasteiger partial charge in [0.2, 0.25) is 0 Å². The number of hydrazine groups is 1. The lowest BCUT2D eigenvalue weighted by Crippen LogP contribution is -2.38. The van der Waals surface area contributed by atoms with Gasteiger partial charge in [-0.3, -0.25) is 11.3 Å². The zero-order valence-electron chi connectivity index (χ0n) is 8.03. The molecule has 1 rings (SSSR count). The highest BCUT2D eigenvalue weighted by Gasteiger charge is 2.10. The van der Waals surface area contributed by atoms with Crippen LogP contribution in [0.1, 0.15) is 13.8 Å². The Bertz CT molecular complexity index is 238. The Morgan fingerprint density at radius 1 is 1.23 bits per heavy atom. The van der Waals surface area contributed by atoms with E-state index in [0.29, 0.717) is 11.3 Å². The van der Waals surface area contributed by atoms with Crippen LogP contribution < -0.4 is 11.3 Å². The Hall–Kier alpha value is -0.510. The minimum absolute atomic E-state index is 0.324. The minimum atomic E-state index is 0.324. The number of nitrogens with one attached hydrogen (secondary N) is 1. The summed E-state index contributed by atoms with van der Waals surface area (Å²) in [6.07, 6.45) is 0. The van der Waals surface area contributed by atoms with E-state index in [1.165, 1.54) is 4.90 Å². The van der Waals surface area contributed by atoms with Gasteiger partial charge in [0.25, 0.3) is 0 Å². The van der Waals surface area contributed by atoms with Crippen molar-refractivity contribution in [3.05, 3.63) is 30.3 Å². The topological polar surface area (TPSA) is 38.0 Å². The zero-order valence-corrected chi connectivity index (χ0v) is 8.84. The quantitative estimate of drug-likeness (QED) is 0.439. The van der Waals surface area contributed by atoms with E-state index in [2.05, 4.69) is 43.5 Å². The predicted molar refractivity (Wildman–Crippen MR) is 58.5 cm³/mol. The van der Waals surface area contributed by atoms with Crippen LogP contribution in [0.25, 0.3) is 0 Å². The largest absolute Gasteiger partial charge is 0.271 e. The molecule has 0 saturated heterocycles. The standard InChI is InChI=1S/C10H16N2S/c1-8(12-11)9(2)13-10-6-4-3-5-7-10/h3-9,12H,11H2,1-2H3. The fourth-order valence-corrected chi connectivity index (χ4v) is 1.98. The molecule has 2 unspecified atom stereocenters. The van der Waals surface area contributed by atoms with Gasteiger partial charge in [0, 0.05) is 16.2 Å². The van der Waals surface area contributed by atoms with E-state index in [4.69, 9.17) is 5.84 Å². The maximum atomic E-state index is 5.36. The van der Waals surface area contributed by atoms with Gasteiger partial charge in [0.1, 0.15) is 0 Å². The molecule has 0 spiro atoms.